The van der Waals surface area contributed by atoms with Crippen LogP contribution in [-0.2, 0) is 0 Å². The molecule has 2 saturated heterocycles. The predicted molar refractivity (Wildman–Crippen MR) is 168 cm³/mol. The highest BCUT2D eigenvalue weighted by Crippen LogP contribution is 2.15. The van der Waals surface area contributed by atoms with Crippen molar-refractivity contribution in [1.82, 2.24) is 50.8 Å². The molecule has 46 heavy (non-hydrogen) atoms. The van der Waals surface area contributed by atoms with Crippen molar-refractivity contribution in [3.63, 3.8) is 0 Å². The highest BCUT2D eigenvalue weighted by molar-refractivity contribution is 5.90. The van der Waals surface area contributed by atoms with Gasteiger partial charge in [-0.15, -0.1) is 10.2 Å². The first kappa shape index (κ1) is 32.0. The lowest BCUT2D eigenvalue weighted by molar-refractivity contribution is 0.0928. The Bertz CT molecular complexity index is 1620. The van der Waals surface area contributed by atoms with Crippen molar-refractivity contribution < 1.29 is 9.59 Å². The SMILES string of the molecule is C[C@H]1NCC[C@@H]1CNC(=O)c1ncn(-c2cccc(C#N)c2)n1.C[C@H]1NCC[C@H]1CNC(=O)c1ncn(-c2cccc(C#N)c2)n1. The van der Waals surface area contributed by atoms with Gasteiger partial charge in [0.15, 0.2) is 0 Å². The first-order valence-corrected chi connectivity index (χ1v) is 15.2. The molecule has 2 aromatic carbocycles. The number of hydrogen-bond donors (Lipinski definition) is 4. The lowest BCUT2D eigenvalue weighted by Gasteiger charge is -2.14. The zero-order valence-corrected chi connectivity index (χ0v) is 25.7. The van der Waals surface area contributed by atoms with Gasteiger partial charge in [0, 0.05) is 25.2 Å². The minimum atomic E-state index is -0.278. The van der Waals surface area contributed by atoms with Crippen molar-refractivity contribution in [3.8, 4) is 23.5 Å². The summed E-state index contributed by atoms with van der Waals surface area (Å²) in [6.45, 7) is 7.46. The van der Waals surface area contributed by atoms with Crippen LogP contribution < -0.4 is 21.3 Å². The first-order chi connectivity index (χ1) is 22.3. The number of carbonyl (C=O) groups is 2. The van der Waals surface area contributed by atoms with Crippen LogP contribution in [-0.4, -0.2) is 79.6 Å². The maximum atomic E-state index is 12.2. The molecule has 14 nitrogen and oxygen atoms in total. The number of nitriles is 2. The molecule has 0 saturated carbocycles. The smallest absolute Gasteiger partial charge is 0.290 e. The summed E-state index contributed by atoms with van der Waals surface area (Å²) in [6, 6.07) is 18.9. The van der Waals surface area contributed by atoms with Crippen molar-refractivity contribution >= 4 is 11.8 Å². The van der Waals surface area contributed by atoms with Crippen LogP contribution in [0.15, 0.2) is 61.2 Å². The van der Waals surface area contributed by atoms with Crippen molar-refractivity contribution in [2.45, 2.75) is 38.8 Å². The van der Waals surface area contributed by atoms with Crippen LogP contribution in [0.1, 0.15) is 59.1 Å². The summed E-state index contributed by atoms with van der Waals surface area (Å²) in [5, 5.41) is 38.7. The molecule has 4 heterocycles. The van der Waals surface area contributed by atoms with Crippen LogP contribution in [0.4, 0.5) is 0 Å². The Kier molecular flexibility index (Phi) is 10.4. The van der Waals surface area contributed by atoms with E-state index >= 15 is 0 Å². The Morgan fingerprint density at radius 1 is 0.783 bits per heavy atom. The van der Waals surface area contributed by atoms with Gasteiger partial charge in [-0.05, 0) is 88.0 Å². The molecule has 2 aliphatic heterocycles. The fourth-order valence-electron chi connectivity index (χ4n) is 5.41. The van der Waals surface area contributed by atoms with Crippen molar-refractivity contribution in [1.29, 1.82) is 10.5 Å². The number of aromatic nitrogens is 6. The molecule has 2 amide bonds. The molecule has 2 fully saturated rings. The molecule has 6 rings (SSSR count). The molecule has 4 aromatic rings. The largest absolute Gasteiger partial charge is 0.349 e. The van der Waals surface area contributed by atoms with Crippen LogP contribution in [0.2, 0.25) is 0 Å². The van der Waals surface area contributed by atoms with Gasteiger partial charge in [0.1, 0.15) is 12.7 Å². The Morgan fingerprint density at radius 3 is 1.59 bits per heavy atom. The van der Waals surface area contributed by atoms with Crippen LogP contribution >= 0.6 is 0 Å². The molecule has 0 spiro atoms. The molecule has 236 valence electrons. The summed E-state index contributed by atoms with van der Waals surface area (Å²) in [4.78, 5) is 32.4. The van der Waals surface area contributed by atoms with Gasteiger partial charge in [-0.1, -0.05) is 12.1 Å². The highest BCUT2D eigenvalue weighted by Gasteiger charge is 2.25. The normalized spacial score (nSPS) is 20.2. The topological polar surface area (TPSA) is 191 Å². The average Bonchev–Trinajstić information content (AvgIpc) is 3.91. The fraction of sp³-hybridized carbons (Fsp3) is 0.375. The molecule has 0 unspecified atom stereocenters. The van der Waals surface area contributed by atoms with E-state index in [2.05, 4.69) is 67.4 Å². The van der Waals surface area contributed by atoms with Crippen LogP contribution in [0, 0.1) is 34.5 Å². The summed E-state index contributed by atoms with van der Waals surface area (Å²) in [6.07, 6.45) is 5.07. The average molecular weight is 621 g/mol. The molecule has 4 atom stereocenters. The second kappa shape index (κ2) is 15.0. The Morgan fingerprint density at radius 2 is 1.22 bits per heavy atom. The molecule has 2 aliphatic rings. The molecular formula is C32H36N12O2. The third kappa shape index (κ3) is 7.98. The maximum absolute atomic E-state index is 12.2. The van der Waals surface area contributed by atoms with E-state index in [4.69, 9.17) is 10.5 Å². The van der Waals surface area contributed by atoms with E-state index in [0.29, 0.717) is 59.5 Å². The number of nitrogens with one attached hydrogen (secondary N) is 4. The Labute approximate surface area is 266 Å². The Balaban J connectivity index is 0.000000181. The van der Waals surface area contributed by atoms with Crippen molar-refractivity contribution in [2.24, 2.45) is 11.8 Å². The van der Waals surface area contributed by atoms with Gasteiger partial charge in [-0.2, -0.15) is 10.5 Å². The van der Waals surface area contributed by atoms with Gasteiger partial charge in [0.2, 0.25) is 11.6 Å². The number of nitrogens with zero attached hydrogens (tertiary/aromatic N) is 8. The molecule has 0 bridgehead atoms. The van der Waals surface area contributed by atoms with E-state index in [1.807, 2.05) is 12.1 Å². The summed E-state index contributed by atoms with van der Waals surface area (Å²) in [7, 11) is 0. The van der Waals surface area contributed by atoms with Gasteiger partial charge in [-0.25, -0.2) is 19.3 Å². The quantitative estimate of drug-likeness (QED) is 0.226. The zero-order valence-electron chi connectivity index (χ0n) is 25.7. The number of hydrogen-bond acceptors (Lipinski definition) is 10. The minimum Gasteiger partial charge on any atom is -0.349 e. The number of rotatable bonds is 8. The minimum absolute atomic E-state index is 0.131. The molecular weight excluding hydrogens is 584 g/mol. The van der Waals surface area contributed by atoms with Crippen LogP contribution in [0.3, 0.4) is 0 Å². The van der Waals surface area contributed by atoms with Gasteiger partial charge in [-0.3, -0.25) is 9.59 Å². The van der Waals surface area contributed by atoms with E-state index in [1.54, 1.807) is 36.4 Å². The highest BCUT2D eigenvalue weighted by atomic mass is 16.2. The van der Waals surface area contributed by atoms with Crippen molar-refractivity contribution in [3.05, 3.63) is 84.0 Å². The van der Waals surface area contributed by atoms with E-state index in [0.717, 1.165) is 25.9 Å². The van der Waals surface area contributed by atoms with E-state index < -0.39 is 0 Å². The predicted octanol–water partition coefficient (Wildman–Crippen LogP) is 1.73. The standard InChI is InChI=1S/2C16H18N6O/c2*1-11-13(5-6-18-11)9-19-16(23)15-20-10-22(21-15)14-4-2-3-12(7-14)8-17/h2*2-4,7,10-11,13,18H,5-6,9H2,1H3,(H,19,23)/t11-,13+;11-,13-/m11/s1. The van der Waals surface area contributed by atoms with E-state index in [1.165, 1.54) is 22.0 Å². The van der Waals surface area contributed by atoms with Crippen molar-refractivity contribution in [2.75, 3.05) is 26.2 Å². The third-order valence-electron chi connectivity index (χ3n) is 8.30. The zero-order chi connectivity index (χ0) is 32.5. The second-order valence-electron chi connectivity index (χ2n) is 11.4. The monoisotopic (exact) mass is 620 g/mol. The molecule has 4 N–H and O–H groups in total. The molecule has 0 radical (unpaired) electrons. The Hall–Kier alpha value is -5.44. The summed E-state index contributed by atoms with van der Waals surface area (Å²) in [5.41, 5.74) is 2.46. The van der Waals surface area contributed by atoms with Gasteiger partial charge in [0.25, 0.3) is 11.8 Å². The third-order valence-corrected chi connectivity index (χ3v) is 8.30. The van der Waals surface area contributed by atoms with Gasteiger partial charge < -0.3 is 21.3 Å². The number of carbonyl (C=O) groups excluding carboxylic acids is 2. The van der Waals surface area contributed by atoms with Crippen LogP contribution in [0.5, 0.6) is 0 Å². The van der Waals surface area contributed by atoms with Crippen LogP contribution in [0.25, 0.3) is 11.4 Å². The summed E-state index contributed by atoms with van der Waals surface area (Å²) >= 11 is 0. The maximum Gasteiger partial charge on any atom is 0.290 e. The summed E-state index contributed by atoms with van der Waals surface area (Å²) < 4.78 is 2.99. The first-order valence-electron chi connectivity index (χ1n) is 15.2. The lowest BCUT2D eigenvalue weighted by atomic mass is 10.0. The van der Waals surface area contributed by atoms with E-state index in [9.17, 15) is 9.59 Å². The van der Waals surface area contributed by atoms with Gasteiger partial charge >= 0.3 is 0 Å². The number of amides is 2. The molecule has 14 heteroatoms. The molecule has 2 aromatic heterocycles. The molecule has 0 aliphatic carbocycles. The second-order valence-corrected chi connectivity index (χ2v) is 11.4. The van der Waals surface area contributed by atoms with E-state index in [-0.39, 0.29) is 23.5 Å². The number of benzene rings is 2. The summed E-state index contributed by atoms with van der Waals surface area (Å²) in [5.74, 6) is 0.581. The lowest BCUT2D eigenvalue weighted by Crippen LogP contribution is -2.34. The van der Waals surface area contributed by atoms with Gasteiger partial charge in [0.05, 0.1) is 34.6 Å². The fourth-order valence-corrected chi connectivity index (χ4v) is 5.41.